The Labute approximate surface area is 133 Å². The van der Waals surface area contributed by atoms with Gasteiger partial charge in [-0.25, -0.2) is 9.18 Å². The molecule has 0 N–H and O–H groups in total. The van der Waals surface area contributed by atoms with Gasteiger partial charge in [0.25, 0.3) is 5.89 Å². The molecule has 6 nitrogen and oxygen atoms in total. The van der Waals surface area contributed by atoms with Crippen molar-refractivity contribution >= 4 is 17.1 Å². The number of ether oxygens (including phenoxy) is 1. The molecule has 0 atom stereocenters. The highest BCUT2D eigenvalue weighted by Gasteiger charge is 2.18. The second-order valence-electron chi connectivity index (χ2n) is 4.58. The van der Waals surface area contributed by atoms with Gasteiger partial charge < -0.3 is 9.15 Å². The number of rotatable bonds is 5. The van der Waals surface area contributed by atoms with E-state index in [-0.39, 0.29) is 23.7 Å². The number of thiophene rings is 1. The average molecular weight is 334 g/mol. The molecule has 2 heterocycles. The monoisotopic (exact) mass is 334 g/mol. The van der Waals surface area contributed by atoms with Gasteiger partial charge in [0.2, 0.25) is 0 Å². The topological polar surface area (TPSA) is 74.3 Å². The lowest BCUT2D eigenvalue weighted by Gasteiger charge is -2.06. The summed E-state index contributed by atoms with van der Waals surface area (Å²) in [4.78, 5) is 24.8. The Morgan fingerprint density at radius 1 is 1.43 bits per heavy atom. The number of Topliss-reactive ketones (excluding diaryl/α,β-unsaturated/α-hetero) is 1. The fraction of sp³-hybridized carbons (Fsp3) is 0.133. The first kappa shape index (κ1) is 15.2. The van der Waals surface area contributed by atoms with E-state index in [1.165, 1.54) is 30.6 Å². The van der Waals surface area contributed by atoms with Gasteiger partial charge >= 0.3 is 5.76 Å². The van der Waals surface area contributed by atoms with Crippen LogP contribution in [0, 0.1) is 5.82 Å². The first-order valence-electron chi connectivity index (χ1n) is 6.57. The average Bonchev–Trinajstić information content (AvgIpc) is 3.17. The summed E-state index contributed by atoms with van der Waals surface area (Å²) >= 11 is 1.36. The van der Waals surface area contributed by atoms with E-state index in [1.54, 1.807) is 12.1 Å². The van der Waals surface area contributed by atoms with Gasteiger partial charge in [0, 0.05) is 0 Å². The molecule has 8 heteroatoms. The van der Waals surface area contributed by atoms with Gasteiger partial charge in [-0.05, 0) is 29.6 Å². The van der Waals surface area contributed by atoms with E-state index in [0.29, 0.717) is 4.88 Å². The van der Waals surface area contributed by atoms with Crippen molar-refractivity contribution in [3.63, 3.8) is 0 Å². The Kier molecular flexibility index (Phi) is 4.07. The molecule has 2 aromatic heterocycles. The van der Waals surface area contributed by atoms with Crippen LogP contribution in [0.25, 0.3) is 10.8 Å². The molecule has 0 spiro atoms. The summed E-state index contributed by atoms with van der Waals surface area (Å²) in [5.41, 5.74) is 0.0417. The molecule has 118 valence electrons. The van der Waals surface area contributed by atoms with Crippen LogP contribution in [-0.2, 0) is 6.54 Å². The highest BCUT2D eigenvalue weighted by molar-refractivity contribution is 7.13. The summed E-state index contributed by atoms with van der Waals surface area (Å²) in [6.45, 7) is -0.368. The number of nitrogens with zero attached hydrogens (tertiary/aromatic N) is 2. The third kappa shape index (κ3) is 3.07. The number of methoxy groups -OCH3 is 1. The van der Waals surface area contributed by atoms with Gasteiger partial charge in [0.05, 0.1) is 17.6 Å². The molecule has 0 aliphatic heterocycles. The Morgan fingerprint density at radius 2 is 2.26 bits per heavy atom. The third-order valence-corrected chi connectivity index (χ3v) is 3.95. The number of halogens is 1. The first-order chi connectivity index (χ1) is 11.1. The molecule has 0 fully saturated rings. The van der Waals surface area contributed by atoms with Crippen LogP contribution in [0.1, 0.15) is 10.4 Å². The maximum atomic E-state index is 13.3. The van der Waals surface area contributed by atoms with Crippen LogP contribution in [0.5, 0.6) is 5.75 Å². The minimum atomic E-state index is -0.753. The van der Waals surface area contributed by atoms with E-state index in [2.05, 4.69) is 5.10 Å². The van der Waals surface area contributed by atoms with Gasteiger partial charge in [0.1, 0.15) is 18.1 Å². The number of aromatic nitrogens is 2. The molecular weight excluding hydrogens is 323 g/mol. The van der Waals surface area contributed by atoms with Gasteiger partial charge in [-0.2, -0.15) is 4.68 Å². The molecule has 0 aliphatic carbocycles. The molecule has 0 radical (unpaired) electrons. The zero-order chi connectivity index (χ0) is 16.4. The number of benzene rings is 1. The molecule has 23 heavy (non-hydrogen) atoms. The van der Waals surface area contributed by atoms with E-state index in [9.17, 15) is 14.0 Å². The number of hydrogen-bond donors (Lipinski definition) is 0. The predicted molar refractivity (Wildman–Crippen MR) is 81.4 cm³/mol. The second kappa shape index (κ2) is 6.17. The van der Waals surface area contributed by atoms with Crippen molar-refractivity contribution < 1.29 is 18.3 Å². The van der Waals surface area contributed by atoms with E-state index in [4.69, 9.17) is 9.15 Å². The van der Waals surface area contributed by atoms with E-state index in [0.717, 1.165) is 10.7 Å². The lowest BCUT2D eigenvalue weighted by molar-refractivity contribution is 0.0961. The van der Waals surface area contributed by atoms with Crippen LogP contribution in [-0.4, -0.2) is 22.7 Å². The third-order valence-electron chi connectivity index (χ3n) is 3.09. The van der Waals surface area contributed by atoms with Crippen molar-refractivity contribution in [1.82, 2.24) is 9.78 Å². The molecule has 1 aromatic carbocycles. The lowest BCUT2D eigenvalue weighted by atomic mass is 10.1. The molecule has 0 amide bonds. The number of hydrogen-bond acceptors (Lipinski definition) is 6. The van der Waals surface area contributed by atoms with Crippen LogP contribution < -0.4 is 10.5 Å². The molecule has 0 saturated carbocycles. The number of ketones is 1. The fourth-order valence-corrected chi connectivity index (χ4v) is 2.67. The normalized spacial score (nSPS) is 10.7. The van der Waals surface area contributed by atoms with Crippen LogP contribution in [0.4, 0.5) is 4.39 Å². The Bertz CT molecular complexity index is 899. The Balaban J connectivity index is 1.89. The van der Waals surface area contributed by atoms with Gasteiger partial charge in [-0.3, -0.25) is 4.79 Å². The van der Waals surface area contributed by atoms with Crippen LogP contribution >= 0.6 is 11.3 Å². The highest BCUT2D eigenvalue weighted by atomic mass is 32.1. The summed E-state index contributed by atoms with van der Waals surface area (Å²) in [6, 6.07) is 7.14. The standard InChI is InChI=1S/C15H11FN2O4S/c1-21-12-5-4-9(16)7-10(12)11(19)8-18-15(20)22-14(17-18)13-3-2-6-23-13/h2-7H,8H2,1H3. The maximum Gasteiger partial charge on any atom is 0.437 e. The van der Waals surface area contributed by atoms with Crippen LogP contribution in [0.2, 0.25) is 0 Å². The zero-order valence-corrected chi connectivity index (χ0v) is 12.8. The smallest absolute Gasteiger partial charge is 0.437 e. The first-order valence-corrected chi connectivity index (χ1v) is 7.45. The molecule has 0 aliphatic rings. The second-order valence-corrected chi connectivity index (χ2v) is 5.52. The van der Waals surface area contributed by atoms with Crippen molar-refractivity contribution in [2.75, 3.05) is 7.11 Å². The summed E-state index contributed by atoms with van der Waals surface area (Å²) in [5.74, 6) is -1.46. The number of carbonyl (C=O) groups excluding carboxylic acids is 1. The largest absolute Gasteiger partial charge is 0.496 e. The zero-order valence-electron chi connectivity index (χ0n) is 12.0. The summed E-state index contributed by atoms with van der Waals surface area (Å²) in [5, 5.41) is 5.80. The molecule has 0 saturated heterocycles. The van der Waals surface area contributed by atoms with Crippen LogP contribution in [0.3, 0.4) is 0 Å². The highest BCUT2D eigenvalue weighted by Crippen LogP contribution is 2.22. The van der Waals surface area contributed by atoms with Gasteiger partial charge in [-0.15, -0.1) is 16.4 Å². The van der Waals surface area contributed by atoms with E-state index >= 15 is 0 Å². The van der Waals surface area contributed by atoms with Crippen molar-refractivity contribution in [3.05, 3.63) is 57.6 Å². The van der Waals surface area contributed by atoms with Crippen LogP contribution in [0.15, 0.2) is 44.9 Å². The van der Waals surface area contributed by atoms with Crippen molar-refractivity contribution in [3.8, 4) is 16.5 Å². The maximum absolute atomic E-state index is 13.3. The predicted octanol–water partition coefficient (Wildman–Crippen LogP) is 2.60. The van der Waals surface area contributed by atoms with Crippen molar-refractivity contribution in [1.29, 1.82) is 0 Å². The summed E-state index contributed by atoms with van der Waals surface area (Å²) < 4.78 is 24.3. The molecule has 3 rings (SSSR count). The SMILES string of the molecule is COc1ccc(F)cc1C(=O)Cn1nc(-c2cccs2)oc1=O. The summed E-state index contributed by atoms with van der Waals surface area (Å²) in [6.07, 6.45) is 0. The van der Waals surface area contributed by atoms with Gasteiger partial charge in [0.15, 0.2) is 5.78 Å². The minimum absolute atomic E-state index is 0.0417. The van der Waals surface area contributed by atoms with Gasteiger partial charge in [-0.1, -0.05) is 6.07 Å². The van der Waals surface area contributed by atoms with Crippen molar-refractivity contribution in [2.24, 2.45) is 0 Å². The van der Waals surface area contributed by atoms with E-state index in [1.807, 2.05) is 5.38 Å². The molecular formula is C15H11FN2O4S. The van der Waals surface area contributed by atoms with Crippen molar-refractivity contribution in [2.45, 2.75) is 6.54 Å². The molecule has 3 aromatic rings. The molecule has 0 bridgehead atoms. The summed E-state index contributed by atoms with van der Waals surface area (Å²) in [7, 11) is 1.38. The van der Waals surface area contributed by atoms with E-state index < -0.39 is 17.4 Å². The quantitative estimate of drug-likeness (QED) is 0.671. The Hall–Kier alpha value is -2.74. The fourth-order valence-electron chi connectivity index (χ4n) is 2.03. The lowest BCUT2D eigenvalue weighted by Crippen LogP contribution is -2.22. The minimum Gasteiger partial charge on any atom is -0.496 e. The molecule has 0 unspecified atom stereocenters. The number of carbonyl (C=O) groups is 1. The Morgan fingerprint density at radius 3 is 2.96 bits per heavy atom.